The Labute approximate surface area is 146 Å². The van der Waals surface area contributed by atoms with Crippen molar-refractivity contribution in [1.82, 2.24) is 5.32 Å². The van der Waals surface area contributed by atoms with Crippen molar-refractivity contribution < 1.29 is 14.0 Å². The first-order valence-corrected chi connectivity index (χ1v) is 8.15. The van der Waals surface area contributed by atoms with E-state index in [-0.39, 0.29) is 17.6 Å². The van der Waals surface area contributed by atoms with Crippen LogP contribution in [0.4, 0.5) is 15.8 Å². The zero-order valence-electron chi connectivity index (χ0n) is 14.1. The molecular weight excluding hydrogens is 321 g/mol. The Balaban J connectivity index is 1.66. The van der Waals surface area contributed by atoms with Crippen LogP contribution in [0.3, 0.4) is 0 Å². The van der Waals surface area contributed by atoms with E-state index in [0.717, 1.165) is 11.3 Å². The number of hydrogen-bond acceptors (Lipinski definition) is 3. The van der Waals surface area contributed by atoms with Crippen molar-refractivity contribution in [2.24, 2.45) is 0 Å². The summed E-state index contributed by atoms with van der Waals surface area (Å²) in [5.41, 5.74) is 2.53. The van der Waals surface area contributed by atoms with Gasteiger partial charge in [0.15, 0.2) is 0 Å². The summed E-state index contributed by atoms with van der Waals surface area (Å²) in [5, 5.41) is 8.70. The highest BCUT2D eigenvalue weighted by Gasteiger charge is 2.02. The molecule has 0 saturated carbocycles. The average molecular weight is 343 g/mol. The highest BCUT2D eigenvalue weighted by atomic mass is 19.1. The normalized spacial score (nSPS) is 10.2. The number of nitrogens with one attached hydrogen (secondary N) is 3. The highest BCUT2D eigenvalue weighted by Crippen LogP contribution is 2.14. The molecule has 25 heavy (non-hydrogen) atoms. The van der Waals surface area contributed by atoms with Crippen LogP contribution in [0.1, 0.15) is 18.9 Å². The van der Waals surface area contributed by atoms with E-state index in [9.17, 15) is 14.0 Å². The van der Waals surface area contributed by atoms with Crippen molar-refractivity contribution in [3.8, 4) is 0 Å². The minimum atomic E-state index is -0.263. The first-order chi connectivity index (χ1) is 12.0. The summed E-state index contributed by atoms with van der Waals surface area (Å²) in [6, 6.07) is 13.6. The van der Waals surface area contributed by atoms with Crippen LogP contribution < -0.4 is 16.0 Å². The number of rotatable bonds is 8. The van der Waals surface area contributed by atoms with Crippen LogP contribution in [-0.4, -0.2) is 24.9 Å². The van der Waals surface area contributed by atoms with Crippen LogP contribution in [0.2, 0.25) is 0 Å². The topological polar surface area (TPSA) is 70.2 Å². The van der Waals surface area contributed by atoms with Crippen molar-refractivity contribution in [1.29, 1.82) is 0 Å². The van der Waals surface area contributed by atoms with Crippen LogP contribution in [0.5, 0.6) is 0 Å². The Kier molecular flexibility index (Phi) is 6.95. The van der Waals surface area contributed by atoms with Crippen molar-refractivity contribution in [3.63, 3.8) is 0 Å². The van der Waals surface area contributed by atoms with Gasteiger partial charge in [0.2, 0.25) is 11.8 Å². The Bertz CT molecular complexity index is 717. The molecule has 5 nitrogen and oxygen atoms in total. The molecule has 0 aromatic heterocycles. The van der Waals surface area contributed by atoms with Crippen molar-refractivity contribution >= 4 is 23.2 Å². The summed E-state index contributed by atoms with van der Waals surface area (Å²) in [6.45, 7) is 2.46. The second-order valence-electron chi connectivity index (χ2n) is 5.67. The molecule has 0 aliphatic carbocycles. The first-order valence-electron chi connectivity index (χ1n) is 8.15. The number of halogens is 1. The third-order valence-electron chi connectivity index (χ3n) is 3.51. The molecule has 0 aliphatic heterocycles. The van der Waals surface area contributed by atoms with Crippen molar-refractivity contribution in [3.05, 3.63) is 59.9 Å². The number of amides is 2. The molecule has 2 rings (SSSR count). The van der Waals surface area contributed by atoms with E-state index >= 15 is 0 Å². The molecule has 0 atom stereocenters. The standard InChI is InChI=1S/C19H22FN3O2/c1-14(24)23-18-4-2-3-17(13-18)21-12-10-19(25)22-11-9-15-5-7-16(20)8-6-15/h2-8,13,21H,9-12H2,1H3,(H,22,25)(H,23,24). The Hall–Kier alpha value is -2.89. The Morgan fingerprint density at radius 3 is 2.44 bits per heavy atom. The predicted octanol–water partition coefficient (Wildman–Crippen LogP) is 2.95. The van der Waals surface area contributed by atoms with E-state index in [1.807, 2.05) is 18.2 Å². The van der Waals surface area contributed by atoms with Gasteiger partial charge in [-0.05, 0) is 42.3 Å². The summed E-state index contributed by atoms with van der Waals surface area (Å²) in [6.07, 6.45) is 1.01. The minimum absolute atomic E-state index is 0.0485. The van der Waals surface area contributed by atoms with Gasteiger partial charge in [-0.15, -0.1) is 0 Å². The number of benzene rings is 2. The lowest BCUT2D eigenvalue weighted by Gasteiger charge is -2.09. The quantitative estimate of drug-likeness (QED) is 0.690. The van der Waals surface area contributed by atoms with Gasteiger partial charge in [0.25, 0.3) is 0 Å². The second-order valence-corrected chi connectivity index (χ2v) is 5.67. The second kappa shape index (κ2) is 9.42. The smallest absolute Gasteiger partial charge is 0.221 e. The molecule has 2 aromatic carbocycles. The fourth-order valence-corrected chi connectivity index (χ4v) is 2.32. The molecule has 0 spiro atoms. The highest BCUT2D eigenvalue weighted by molar-refractivity contribution is 5.89. The first kappa shape index (κ1) is 18.4. The van der Waals surface area contributed by atoms with Crippen LogP contribution in [0, 0.1) is 5.82 Å². The van der Waals surface area contributed by atoms with Gasteiger partial charge in [-0.1, -0.05) is 18.2 Å². The lowest BCUT2D eigenvalue weighted by molar-refractivity contribution is -0.120. The van der Waals surface area contributed by atoms with Gasteiger partial charge in [-0.2, -0.15) is 0 Å². The van der Waals surface area contributed by atoms with Gasteiger partial charge >= 0.3 is 0 Å². The van der Waals surface area contributed by atoms with Gasteiger partial charge in [-0.3, -0.25) is 9.59 Å². The maximum atomic E-state index is 12.8. The molecule has 0 heterocycles. The maximum Gasteiger partial charge on any atom is 0.221 e. The molecule has 0 radical (unpaired) electrons. The van der Waals surface area contributed by atoms with Crippen LogP contribution in [0.25, 0.3) is 0 Å². The lowest BCUT2D eigenvalue weighted by atomic mass is 10.1. The van der Waals surface area contributed by atoms with Crippen molar-refractivity contribution in [2.45, 2.75) is 19.8 Å². The summed E-state index contributed by atoms with van der Waals surface area (Å²) in [4.78, 5) is 22.9. The summed E-state index contributed by atoms with van der Waals surface area (Å²) >= 11 is 0. The SMILES string of the molecule is CC(=O)Nc1cccc(NCCC(=O)NCCc2ccc(F)cc2)c1. The average Bonchev–Trinajstić information content (AvgIpc) is 2.56. The predicted molar refractivity (Wildman–Crippen MR) is 97.0 cm³/mol. The van der Waals surface area contributed by atoms with E-state index in [2.05, 4.69) is 16.0 Å². The molecule has 0 bridgehead atoms. The zero-order chi connectivity index (χ0) is 18.1. The fourth-order valence-electron chi connectivity index (χ4n) is 2.32. The number of hydrogen-bond donors (Lipinski definition) is 3. The summed E-state index contributed by atoms with van der Waals surface area (Å²) < 4.78 is 12.8. The van der Waals surface area contributed by atoms with Gasteiger partial charge in [0.05, 0.1) is 0 Å². The molecule has 0 saturated heterocycles. The molecule has 2 aromatic rings. The van der Waals surface area contributed by atoms with E-state index < -0.39 is 0 Å². The molecule has 3 N–H and O–H groups in total. The van der Waals surface area contributed by atoms with Crippen molar-refractivity contribution in [2.75, 3.05) is 23.7 Å². The molecular formula is C19H22FN3O2. The molecule has 0 fully saturated rings. The summed E-state index contributed by atoms with van der Waals surface area (Å²) in [5.74, 6) is -0.438. The number of anilines is 2. The van der Waals surface area contributed by atoms with Crippen LogP contribution in [0.15, 0.2) is 48.5 Å². The van der Waals surface area contributed by atoms with E-state index in [0.29, 0.717) is 31.6 Å². The number of carbonyl (C=O) groups is 2. The molecule has 6 heteroatoms. The Morgan fingerprint density at radius 2 is 1.72 bits per heavy atom. The molecule has 0 aliphatic rings. The minimum Gasteiger partial charge on any atom is -0.384 e. The zero-order valence-corrected chi connectivity index (χ0v) is 14.1. The molecule has 0 unspecified atom stereocenters. The Morgan fingerprint density at radius 1 is 1.00 bits per heavy atom. The van der Waals surface area contributed by atoms with E-state index in [1.54, 1.807) is 18.2 Å². The summed E-state index contributed by atoms with van der Waals surface area (Å²) in [7, 11) is 0. The monoisotopic (exact) mass is 343 g/mol. The third-order valence-corrected chi connectivity index (χ3v) is 3.51. The molecule has 2 amide bonds. The maximum absolute atomic E-state index is 12.8. The van der Waals surface area contributed by atoms with Gasteiger partial charge in [-0.25, -0.2) is 4.39 Å². The van der Waals surface area contributed by atoms with Gasteiger partial charge in [0.1, 0.15) is 5.82 Å². The molecule has 132 valence electrons. The van der Waals surface area contributed by atoms with Gasteiger partial charge < -0.3 is 16.0 Å². The van der Waals surface area contributed by atoms with E-state index in [4.69, 9.17) is 0 Å². The van der Waals surface area contributed by atoms with Gasteiger partial charge in [0, 0.05) is 37.8 Å². The third kappa shape index (κ3) is 7.03. The number of carbonyl (C=O) groups excluding carboxylic acids is 2. The largest absolute Gasteiger partial charge is 0.384 e. The van der Waals surface area contributed by atoms with Crippen LogP contribution >= 0.6 is 0 Å². The van der Waals surface area contributed by atoms with Crippen LogP contribution in [-0.2, 0) is 16.0 Å². The fraction of sp³-hybridized carbons (Fsp3) is 0.263. The van der Waals surface area contributed by atoms with E-state index in [1.165, 1.54) is 19.1 Å². The lowest BCUT2D eigenvalue weighted by Crippen LogP contribution is -2.27.